The van der Waals surface area contributed by atoms with Crippen molar-refractivity contribution in [3.63, 3.8) is 0 Å². The summed E-state index contributed by atoms with van der Waals surface area (Å²) >= 11 is 0. The first-order valence-electron chi connectivity index (χ1n) is 4.33. The monoisotopic (exact) mass is 170 g/mol. The van der Waals surface area contributed by atoms with Gasteiger partial charge in [-0.05, 0) is 25.2 Å². The lowest BCUT2D eigenvalue weighted by Crippen LogP contribution is -2.30. The second-order valence-electron chi connectivity index (χ2n) is 3.66. The normalized spacial score (nSPS) is 35.9. The van der Waals surface area contributed by atoms with Gasteiger partial charge in [0.1, 0.15) is 6.29 Å². The fraction of sp³-hybridized carbons (Fsp3) is 0.778. The largest absolute Gasteiger partial charge is 0.481 e. The summed E-state index contributed by atoms with van der Waals surface area (Å²) in [6.45, 7) is 2.04. The molecular weight excluding hydrogens is 156 g/mol. The molecule has 1 aliphatic carbocycles. The minimum atomic E-state index is -0.821. The van der Waals surface area contributed by atoms with Gasteiger partial charge in [0, 0.05) is 5.92 Å². The lowest BCUT2D eigenvalue weighted by Gasteiger charge is -2.28. The van der Waals surface area contributed by atoms with E-state index in [1.807, 2.05) is 6.92 Å². The highest BCUT2D eigenvalue weighted by Crippen LogP contribution is 2.32. The molecular formula is C9H14O3. The van der Waals surface area contributed by atoms with Crippen molar-refractivity contribution >= 4 is 12.3 Å². The Kier molecular flexibility index (Phi) is 2.84. The van der Waals surface area contributed by atoms with Crippen molar-refractivity contribution in [2.24, 2.45) is 17.8 Å². The molecule has 0 aromatic heterocycles. The van der Waals surface area contributed by atoms with Crippen LogP contribution in [0.2, 0.25) is 0 Å². The van der Waals surface area contributed by atoms with Crippen LogP contribution in [-0.2, 0) is 9.59 Å². The third-order valence-electron chi connectivity index (χ3n) is 2.66. The standard InChI is InChI=1S/C9H14O3/c1-6-2-3-7(5-10)8(4-6)9(11)12/h5-8H,2-4H2,1H3,(H,11,12). The fourth-order valence-electron chi connectivity index (χ4n) is 1.85. The highest BCUT2D eigenvalue weighted by Gasteiger charge is 2.33. The Morgan fingerprint density at radius 1 is 1.50 bits per heavy atom. The molecule has 3 atom stereocenters. The lowest BCUT2D eigenvalue weighted by molar-refractivity contribution is -0.147. The second-order valence-corrected chi connectivity index (χ2v) is 3.66. The average Bonchev–Trinajstić information content (AvgIpc) is 2.04. The molecule has 0 aromatic carbocycles. The van der Waals surface area contributed by atoms with Gasteiger partial charge in [-0.25, -0.2) is 0 Å². The minimum Gasteiger partial charge on any atom is -0.481 e. The van der Waals surface area contributed by atoms with Gasteiger partial charge in [-0.1, -0.05) is 6.92 Å². The fourth-order valence-corrected chi connectivity index (χ4v) is 1.85. The van der Waals surface area contributed by atoms with E-state index in [1.165, 1.54) is 0 Å². The van der Waals surface area contributed by atoms with E-state index >= 15 is 0 Å². The van der Waals surface area contributed by atoms with Crippen LogP contribution in [0.25, 0.3) is 0 Å². The van der Waals surface area contributed by atoms with Crippen molar-refractivity contribution in [3.05, 3.63) is 0 Å². The number of hydrogen-bond donors (Lipinski definition) is 1. The Hall–Kier alpha value is -0.860. The highest BCUT2D eigenvalue weighted by molar-refractivity contribution is 5.75. The molecule has 0 heterocycles. The van der Waals surface area contributed by atoms with E-state index in [9.17, 15) is 9.59 Å². The molecule has 0 amide bonds. The summed E-state index contributed by atoms with van der Waals surface area (Å²) in [6, 6.07) is 0. The summed E-state index contributed by atoms with van der Waals surface area (Å²) in [7, 11) is 0. The van der Waals surface area contributed by atoms with E-state index in [1.54, 1.807) is 0 Å². The molecule has 3 heteroatoms. The Balaban J connectivity index is 2.63. The van der Waals surface area contributed by atoms with Crippen molar-refractivity contribution < 1.29 is 14.7 Å². The molecule has 1 rings (SSSR count). The van der Waals surface area contributed by atoms with Crippen LogP contribution in [-0.4, -0.2) is 17.4 Å². The average molecular weight is 170 g/mol. The predicted molar refractivity (Wildman–Crippen MR) is 43.7 cm³/mol. The van der Waals surface area contributed by atoms with E-state index in [0.717, 1.165) is 19.1 Å². The maximum Gasteiger partial charge on any atom is 0.307 e. The Labute approximate surface area is 71.8 Å². The molecule has 0 spiro atoms. The van der Waals surface area contributed by atoms with E-state index in [0.29, 0.717) is 12.3 Å². The van der Waals surface area contributed by atoms with Crippen LogP contribution < -0.4 is 0 Å². The Morgan fingerprint density at radius 3 is 2.67 bits per heavy atom. The van der Waals surface area contributed by atoms with Gasteiger partial charge >= 0.3 is 5.97 Å². The molecule has 3 nitrogen and oxygen atoms in total. The molecule has 3 unspecified atom stereocenters. The first-order valence-corrected chi connectivity index (χ1v) is 4.33. The van der Waals surface area contributed by atoms with Crippen LogP contribution in [0.4, 0.5) is 0 Å². The van der Waals surface area contributed by atoms with E-state index in [-0.39, 0.29) is 5.92 Å². The van der Waals surface area contributed by atoms with Crippen LogP contribution in [0.1, 0.15) is 26.2 Å². The van der Waals surface area contributed by atoms with Crippen molar-refractivity contribution in [1.29, 1.82) is 0 Å². The summed E-state index contributed by atoms with van der Waals surface area (Å²) in [5.41, 5.74) is 0. The molecule has 68 valence electrons. The third-order valence-corrected chi connectivity index (χ3v) is 2.66. The number of carboxylic acid groups (broad SMARTS) is 1. The number of carbonyl (C=O) groups excluding carboxylic acids is 1. The first-order chi connectivity index (χ1) is 5.65. The number of aliphatic carboxylic acids is 1. The van der Waals surface area contributed by atoms with Crippen molar-refractivity contribution in [2.45, 2.75) is 26.2 Å². The minimum absolute atomic E-state index is 0.251. The molecule has 1 fully saturated rings. The SMILES string of the molecule is CC1CCC(C=O)C(C(=O)O)C1. The maximum absolute atomic E-state index is 10.7. The summed E-state index contributed by atoms with van der Waals surface area (Å²) in [5, 5.41) is 8.80. The van der Waals surface area contributed by atoms with E-state index in [2.05, 4.69) is 0 Å². The van der Waals surface area contributed by atoms with Gasteiger partial charge < -0.3 is 9.90 Å². The van der Waals surface area contributed by atoms with Gasteiger partial charge in [0.2, 0.25) is 0 Å². The quantitative estimate of drug-likeness (QED) is 0.636. The zero-order chi connectivity index (χ0) is 9.14. The van der Waals surface area contributed by atoms with Crippen LogP contribution in [0, 0.1) is 17.8 Å². The summed E-state index contributed by atoms with van der Waals surface area (Å²) in [5.74, 6) is -1.06. The number of hydrogen-bond acceptors (Lipinski definition) is 2. The maximum atomic E-state index is 10.7. The molecule has 0 aliphatic heterocycles. The number of carbonyl (C=O) groups is 2. The third kappa shape index (κ3) is 1.84. The predicted octanol–water partition coefficient (Wildman–Crippen LogP) is 1.32. The summed E-state index contributed by atoms with van der Waals surface area (Å²) in [6.07, 6.45) is 3.16. The zero-order valence-electron chi connectivity index (χ0n) is 7.19. The number of carboxylic acids is 1. The van der Waals surface area contributed by atoms with Crippen molar-refractivity contribution in [2.75, 3.05) is 0 Å². The molecule has 1 saturated carbocycles. The summed E-state index contributed by atoms with van der Waals surface area (Å²) in [4.78, 5) is 21.2. The van der Waals surface area contributed by atoms with Crippen LogP contribution in [0.15, 0.2) is 0 Å². The molecule has 12 heavy (non-hydrogen) atoms. The number of aldehydes is 1. The van der Waals surface area contributed by atoms with Gasteiger partial charge in [0.15, 0.2) is 0 Å². The molecule has 0 saturated heterocycles. The number of rotatable bonds is 2. The molecule has 0 bridgehead atoms. The van der Waals surface area contributed by atoms with E-state index < -0.39 is 11.9 Å². The van der Waals surface area contributed by atoms with Gasteiger partial charge in [0.05, 0.1) is 5.92 Å². The topological polar surface area (TPSA) is 54.4 Å². The molecule has 0 aromatic rings. The van der Waals surface area contributed by atoms with Gasteiger partial charge in [-0.15, -0.1) is 0 Å². The molecule has 1 N–H and O–H groups in total. The van der Waals surface area contributed by atoms with Crippen LogP contribution >= 0.6 is 0 Å². The van der Waals surface area contributed by atoms with Gasteiger partial charge in [-0.3, -0.25) is 4.79 Å². The van der Waals surface area contributed by atoms with Gasteiger partial charge in [-0.2, -0.15) is 0 Å². The van der Waals surface area contributed by atoms with Crippen LogP contribution in [0.3, 0.4) is 0 Å². The second kappa shape index (κ2) is 3.70. The highest BCUT2D eigenvalue weighted by atomic mass is 16.4. The zero-order valence-corrected chi connectivity index (χ0v) is 7.19. The van der Waals surface area contributed by atoms with Gasteiger partial charge in [0.25, 0.3) is 0 Å². The lowest BCUT2D eigenvalue weighted by atomic mass is 9.75. The van der Waals surface area contributed by atoms with Crippen LogP contribution in [0.5, 0.6) is 0 Å². The Bertz CT molecular complexity index is 188. The molecule has 0 radical (unpaired) electrons. The Morgan fingerprint density at radius 2 is 2.17 bits per heavy atom. The summed E-state index contributed by atoms with van der Waals surface area (Å²) < 4.78 is 0. The van der Waals surface area contributed by atoms with E-state index in [4.69, 9.17) is 5.11 Å². The van der Waals surface area contributed by atoms with Crippen molar-refractivity contribution in [1.82, 2.24) is 0 Å². The first kappa shape index (κ1) is 9.23. The molecule has 1 aliphatic rings. The van der Waals surface area contributed by atoms with Crippen molar-refractivity contribution in [3.8, 4) is 0 Å². The smallest absolute Gasteiger partial charge is 0.307 e.